The molecule has 136 valence electrons. The Hall–Kier alpha value is -2.87. The molecule has 1 aromatic carbocycles. The molecule has 0 N–H and O–H groups in total. The summed E-state index contributed by atoms with van der Waals surface area (Å²) in [5.41, 5.74) is 1.61. The first-order valence-corrected chi connectivity index (χ1v) is 8.44. The molecular formula is C17H18ClN5O3. The van der Waals surface area contributed by atoms with Gasteiger partial charge in [-0.3, -0.25) is 4.79 Å². The van der Waals surface area contributed by atoms with E-state index < -0.39 is 0 Å². The van der Waals surface area contributed by atoms with Gasteiger partial charge in [-0.2, -0.15) is 5.10 Å². The summed E-state index contributed by atoms with van der Waals surface area (Å²) in [6.45, 7) is 4.64. The number of para-hydroxylation sites is 1. The molecule has 3 rings (SSSR count). The Kier molecular flexibility index (Phi) is 5.52. The first kappa shape index (κ1) is 17.9. The summed E-state index contributed by atoms with van der Waals surface area (Å²) in [4.78, 5) is 14.3. The monoisotopic (exact) mass is 375 g/mol. The topological polar surface area (TPSA) is 86.3 Å². The molecule has 0 bridgehead atoms. The minimum atomic E-state index is -0.202. The molecule has 1 amide bonds. The van der Waals surface area contributed by atoms with Crippen molar-refractivity contribution < 1.29 is 14.2 Å². The molecule has 0 radical (unpaired) electrons. The van der Waals surface area contributed by atoms with Crippen LogP contribution in [0.25, 0.3) is 0 Å². The normalized spacial score (nSPS) is 10.7. The summed E-state index contributed by atoms with van der Waals surface area (Å²) >= 11 is 6.05. The molecule has 0 spiro atoms. The molecule has 0 aliphatic rings. The maximum Gasteiger partial charge on any atom is 0.274 e. The third-order valence-electron chi connectivity index (χ3n) is 3.80. The molecule has 2 heterocycles. The van der Waals surface area contributed by atoms with Gasteiger partial charge in [-0.25, -0.2) is 9.31 Å². The van der Waals surface area contributed by atoms with Crippen molar-refractivity contribution in [2.75, 3.05) is 6.54 Å². The Labute approximate surface area is 155 Å². The minimum Gasteiger partial charge on any atom is -0.470 e. The molecule has 0 fully saturated rings. The fourth-order valence-corrected chi connectivity index (χ4v) is 2.50. The molecule has 26 heavy (non-hydrogen) atoms. The summed E-state index contributed by atoms with van der Waals surface area (Å²) in [7, 11) is 0. The van der Waals surface area contributed by atoms with Crippen molar-refractivity contribution in [2.45, 2.75) is 27.1 Å². The predicted molar refractivity (Wildman–Crippen MR) is 93.8 cm³/mol. The van der Waals surface area contributed by atoms with E-state index in [0.717, 1.165) is 0 Å². The Balaban J connectivity index is 1.65. The zero-order valence-electron chi connectivity index (χ0n) is 14.4. The van der Waals surface area contributed by atoms with Gasteiger partial charge in [0.1, 0.15) is 17.1 Å². The number of carbonyl (C=O) groups is 1. The second kappa shape index (κ2) is 8.01. The number of rotatable bonds is 7. The number of carbonyl (C=O) groups excluding carboxylic acids is 1. The second-order valence-corrected chi connectivity index (χ2v) is 5.97. The number of hydrogen-bond acceptors (Lipinski definition) is 6. The fourth-order valence-electron chi connectivity index (χ4n) is 2.31. The lowest BCUT2D eigenvalue weighted by Crippen LogP contribution is -2.31. The van der Waals surface area contributed by atoms with E-state index in [1.807, 2.05) is 19.1 Å². The van der Waals surface area contributed by atoms with Gasteiger partial charge in [0, 0.05) is 12.7 Å². The predicted octanol–water partition coefficient (Wildman–Crippen LogP) is 2.93. The van der Waals surface area contributed by atoms with Crippen LogP contribution in [0.15, 0.2) is 41.2 Å². The lowest BCUT2D eigenvalue weighted by Gasteiger charge is -2.18. The van der Waals surface area contributed by atoms with Crippen molar-refractivity contribution in [3.8, 4) is 5.75 Å². The van der Waals surface area contributed by atoms with E-state index in [4.69, 9.17) is 16.3 Å². The van der Waals surface area contributed by atoms with Crippen LogP contribution in [-0.4, -0.2) is 37.4 Å². The molecule has 3 aromatic rings. The van der Waals surface area contributed by atoms with Crippen LogP contribution >= 0.6 is 11.6 Å². The van der Waals surface area contributed by atoms with Gasteiger partial charge in [0.15, 0.2) is 12.4 Å². The van der Waals surface area contributed by atoms with Crippen molar-refractivity contribution in [3.05, 3.63) is 58.6 Å². The largest absolute Gasteiger partial charge is 0.470 e. The Morgan fingerprint density at radius 1 is 1.31 bits per heavy atom. The number of amides is 1. The van der Waals surface area contributed by atoms with E-state index in [9.17, 15) is 4.79 Å². The molecular weight excluding hydrogens is 358 g/mol. The van der Waals surface area contributed by atoms with E-state index in [2.05, 4.69) is 20.0 Å². The lowest BCUT2D eigenvalue weighted by molar-refractivity contribution is 0.0740. The summed E-state index contributed by atoms with van der Waals surface area (Å²) in [6, 6.07) is 8.82. The first-order chi connectivity index (χ1) is 12.6. The van der Waals surface area contributed by atoms with E-state index in [1.165, 1.54) is 4.68 Å². The highest BCUT2D eigenvalue weighted by Gasteiger charge is 2.20. The van der Waals surface area contributed by atoms with E-state index in [1.54, 1.807) is 36.2 Å². The smallest absolute Gasteiger partial charge is 0.274 e. The third-order valence-corrected chi connectivity index (χ3v) is 4.12. The zero-order chi connectivity index (χ0) is 18.5. The van der Waals surface area contributed by atoms with Gasteiger partial charge < -0.3 is 9.64 Å². The quantitative estimate of drug-likeness (QED) is 0.631. The molecule has 0 aliphatic heterocycles. The SMILES string of the molecule is CCN(Cc1nonc1C)C(=O)c1ccn(COc2ccccc2Cl)n1. The van der Waals surface area contributed by atoms with Crippen molar-refractivity contribution in [1.29, 1.82) is 0 Å². The van der Waals surface area contributed by atoms with Crippen LogP contribution in [0.1, 0.15) is 28.8 Å². The number of ether oxygens (including phenoxy) is 1. The molecule has 0 saturated heterocycles. The van der Waals surface area contributed by atoms with Crippen molar-refractivity contribution >= 4 is 17.5 Å². The summed E-state index contributed by atoms with van der Waals surface area (Å²) in [5, 5.41) is 12.3. The zero-order valence-corrected chi connectivity index (χ0v) is 15.2. The molecule has 2 aromatic heterocycles. The first-order valence-electron chi connectivity index (χ1n) is 8.06. The van der Waals surface area contributed by atoms with Gasteiger partial charge in [0.2, 0.25) is 0 Å². The Bertz CT molecular complexity index is 892. The van der Waals surface area contributed by atoms with Gasteiger partial charge in [0.05, 0.1) is 11.6 Å². The van der Waals surface area contributed by atoms with Crippen LogP contribution in [0.2, 0.25) is 5.02 Å². The van der Waals surface area contributed by atoms with Crippen LogP contribution in [-0.2, 0) is 13.3 Å². The Morgan fingerprint density at radius 3 is 2.81 bits per heavy atom. The van der Waals surface area contributed by atoms with Crippen LogP contribution in [0.5, 0.6) is 5.75 Å². The third kappa shape index (κ3) is 4.02. The molecule has 9 heteroatoms. The molecule has 0 atom stereocenters. The van der Waals surface area contributed by atoms with Crippen LogP contribution in [0, 0.1) is 6.92 Å². The van der Waals surface area contributed by atoms with Gasteiger partial charge in [-0.15, -0.1) is 0 Å². The standard InChI is InChI=1S/C17H18ClN5O3/c1-3-22(10-15-12(2)20-26-21-15)17(24)14-8-9-23(19-14)11-25-16-7-5-4-6-13(16)18/h4-9H,3,10-11H2,1-2H3. The summed E-state index contributed by atoms with van der Waals surface area (Å²) < 4.78 is 11.8. The number of nitrogens with zero attached hydrogens (tertiary/aromatic N) is 5. The fraction of sp³-hybridized carbons (Fsp3) is 0.294. The van der Waals surface area contributed by atoms with Gasteiger partial charge in [-0.1, -0.05) is 34.0 Å². The van der Waals surface area contributed by atoms with Crippen molar-refractivity contribution in [1.82, 2.24) is 25.0 Å². The summed E-state index contributed by atoms with van der Waals surface area (Å²) in [6.07, 6.45) is 1.68. The van der Waals surface area contributed by atoms with Crippen LogP contribution in [0.3, 0.4) is 0 Å². The van der Waals surface area contributed by atoms with E-state index >= 15 is 0 Å². The van der Waals surface area contributed by atoms with Crippen molar-refractivity contribution in [3.63, 3.8) is 0 Å². The lowest BCUT2D eigenvalue weighted by atomic mass is 10.3. The number of aryl methyl sites for hydroxylation is 1. The number of hydrogen-bond donors (Lipinski definition) is 0. The molecule has 0 saturated carbocycles. The van der Waals surface area contributed by atoms with Gasteiger partial charge in [0.25, 0.3) is 5.91 Å². The van der Waals surface area contributed by atoms with Crippen LogP contribution < -0.4 is 4.74 Å². The van der Waals surface area contributed by atoms with Crippen molar-refractivity contribution in [2.24, 2.45) is 0 Å². The number of aromatic nitrogens is 4. The molecule has 8 nitrogen and oxygen atoms in total. The highest BCUT2D eigenvalue weighted by Crippen LogP contribution is 2.23. The van der Waals surface area contributed by atoms with E-state index in [0.29, 0.717) is 40.9 Å². The van der Waals surface area contributed by atoms with E-state index in [-0.39, 0.29) is 12.6 Å². The maximum absolute atomic E-state index is 12.7. The number of benzene rings is 1. The molecule has 0 aliphatic carbocycles. The summed E-state index contributed by atoms with van der Waals surface area (Å²) in [5.74, 6) is 0.355. The number of halogens is 1. The van der Waals surface area contributed by atoms with Gasteiger partial charge in [-0.05, 0) is 32.0 Å². The highest BCUT2D eigenvalue weighted by molar-refractivity contribution is 6.32. The average molecular weight is 376 g/mol. The minimum absolute atomic E-state index is 0.148. The Morgan fingerprint density at radius 2 is 2.12 bits per heavy atom. The van der Waals surface area contributed by atoms with Crippen LogP contribution in [0.4, 0.5) is 0 Å². The maximum atomic E-state index is 12.7. The average Bonchev–Trinajstić information content (AvgIpc) is 3.27. The molecule has 0 unspecified atom stereocenters. The van der Waals surface area contributed by atoms with Gasteiger partial charge >= 0.3 is 0 Å². The second-order valence-electron chi connectivity index (χ2n) is 5.56. The highest BCUT2D eigenvalue weighted by atomic mass is 35.5.